The van der Waals surface area contributed by atoms with Crippen LogP contribution in [-0.2, 0) is 19.4 Å². The fourth-order valence-corrected chi connectivity index (χ4v) is 5.67. The van der Waals surface area contributed by atoms with Gasteiger partial charge in [0, 0.05) is 27.1 Å². The van der Waals surface area contributed by atoms with E-state index < -0.39 is 15.8 Å². The number of benzene rings is 1. The summed E-state index contributed by atoms with van der Waals surface area (Å²) < 4.78 is 29.1. The van der Waals surface area contributed by atoms with Crippen molar-refractivity contribution in [2.75, 3.05) is 44.2 Å². The highest BCUT2D eigenvalue weighted by Crippen LogP contribution is 2.35. The van der Waals surface area contributed by atoms with Crippen molar-refractivity contribution in [1.82, 2.24) is 10.0 Å². The van der Waals surface area contributed by atoms with Gasteiger partial charge in [-0.3, -0.25) is 14.6 Å². The van der Waals surface area contributed by atoms with E-state index in [1.165, 1.54) is 5.01 Å². The van der Waals surface area contributed by atoms with Gasteiger partial charge in [-0.1, -0.05) is 6.07 Å². The number of methoxy groups -OCH3 is 1. The number of carbonyl (C=O) groups is 2. The topological polar surface area (TPSA) is 87.2 Å². The van der Waals surface area contributed by atoms with Crippen LogP contribution in [0.15, 0.2) is 18.2 Å². The van der Waals surface area contributed by atoms with Crippen molar-refractivity contribution in [3.05, 3.63) is 23.8 Å². The molecule has 28 heavy (non-hydrogen) atoms. The zero-order valence-electron chi connectivity index (χ0n) is 16.7. The third kappa shape index (κ3) is 4.00. The van der Waals surface area contributed by atoms with Crippen molar-refractivity contribution in [3.63, 3.8) is 0 Å². The van der Waals surface area contributed by atoms with Crippen LogP contribution in [0.2, 0.25) is 0 Å². The van der Waals surface area contributed by atoms with E-state index in [-0.39, 0.29) is 42.3 Å². The number of ether oxygens (including phenoxy) is 1. The van der Waals surface area contributed by atoms with E-state index in [2.05, 4.69) is 0 Å². The smallest absolute Gasteiger partial charge is 0.242 e. The molecule has 0 unspecified atom stereocenters. The molecule has 2 fully saturated rings. The maximum Gasteiger partial charge on any atom is 0.242 e. The van der Waals surface area contributed by atoms with E-state index >= 15 is 0 Å². The lowest BCUT2D eigenvalue weighted by Gasteiger charge is -2.35. The lowest BCUT2D eigenvalue weighted by molar-refractivity contribution is -0.153. The van der Waals surface area contributed by atoms with Crippen molar-refractivity contribution < 1.29 is 22.7 Å². The Balaban J connectivity index is 1.82. The number of carbonyl (C=O) groups excluding carboxylic acids is 2. The van der Waals surface area contributed by atoms with Gasteiger partial charge in [-0.25, -0.2) is 13.4 Å². The molecule has 2 atom stereocenters. The molecule has 0 saturated carbocycles. The van der Waals surface area contributed by atoms with E-state index in [0.29, 0.717) is 17.9 Å². The first kappa shape index (κ1) is 20.6. The summed E-state index contributed by atoms with van der Waals surface area (Å²) in [5.74, 6) is -0.241. The summed E-state index contributed by atoms with van der Waals surface area (Å²) in [6, 6.07) is 5.20. The minimum Gasteiger partial charge on any atom is -0.495 e. The Bertz CT molecular complexity index is 884. The standard InChI is InChI=1S/C19H27N3O5S/c1-13-5-6-17(27-4)16(9-13)21-11-14(10-18(21)23)19(24)22(20(2)3)15-7-8-28(25,26)12-15/h5-6,9,14-15H,7-8,10-12H2,1-4H3/t14-,15-/m0/s1. The van der Waals surface area contributed by atoms with Crippen LogP contribution in [0, 0.1) is 12.8 Å². The average molecular weight is 410 g/mol. The molecule has 2 amide bonds. The van der Waals surface area contributed by atoms with Crippen LogP contribution in [-0.4, -0.2) is 75.5 Å². The third-order valence-corrected chi connectivity index (χ3v) is 7.06. The quantitative estimate of drug-likeness (QED) is 0.670. The normalized spacial score (nSPS) is 24.0. The molecule has 0 N–H and O–H groups in total. The molecule has 2 saturated heterocycles. The number of hydrazine groups is 1. The fraction of sp³-hybridized carbons (Fsp3) is 0.579. The highest BCUT2D eigenvalue weighted by Gasteiger charge is 2.43. The Morgan fingerprint density at radius 3 is 2.57 bits per heavy atom. The third-order valence-electron chi connectivity index (χ3n) is 5.31. The van der Waals surface area contributed by atoms with Crippen molar-refractivity contribution in [1.29, 1.82) is 0 Å². The Morgan fingerprint density at radius 1 is 1.29 bits per heavy atom. The summed E-state index contributed by atoms with van der Waals surface area (Å²) in [5.41, 5.74) is 1.65. The number of aryl methyl sites for hydroxylation is 1. The summed E-state index contributed by atoms with van der Waals surface area (Å²) in [5, 5.41) is 3.15. The minimum atomic E-state index is -3.12. The van der Waals surface area contributed by atoms with Gasteiger partial charge in [-0.2, -0.15) is 0 Å². The van der Waals surface area contributed by atoms with Gasteiger partial charge in [0.15, 0.2) is 9.84 Å². The molecule has 0 bridgehead atoms. The van der Waals surface area contributed by atoms with E-state index in [9.17, 15) is 18.0 Å². The van der Waals surface area contributed by atoms with Crippen molar-refractivity contribution >= 4 is 27.3 Å². The van der Waals surface area contributed by atoms with Gasteiger partial charge in [0.25, 0.3) is 0 Å². The number of rotatable bonds is 5. The Morgan fingerprint density at radius 2 is 2.00 bits per heavy atom. The van der Waals surface area contributed by atoms with Crippen LogP contribution in [0.5, 0.6) is 5.75 Å². The maximum absolute atomic E-state index is 13.2. The van der Waals surface area contributed by atoms with Crippen molar-refractivity contribution in [2.45, 2.75) is 25.8 Å². The molecule has 9 heteroatoms. The summed E-state index contributed by atoms with van der Waals surface area (Å²) >= 11 is 0. The lowest BCUT2D eigenvalue weighted by Crippen LogP contribution is -2.52. The van der Waals surface area contributed by atoms with Crippen LogP contribution in [0.1, 0.15) is 18.4 Å². The minimum absolute atomic E-state index is 0.0347. The van der Waals surface area contributed by atoms with E-state index in [0.717, 1.165) is 5.56 Å². The SMILES string of the molecule is COc1ccc(C)cc1N1C[C@@H](C(=O)N([C@H]2CCS(=O)(=O)C2)N(C)C)CC1=O. The summed E-state index contributed by atoms with van der Waals surface area (Å²) in [7, 11) is 1.87. The average Bonchev–Trinajstić information content (AvgIpc) is 3.17. The maximum atomic E-state index is 13.2. The van der Waals surface area contributed by atoms with Gasteiger partial charge in [0.1, 0.15) is 5.75 Å². The van der Waals surface area contributed by atoms with Crippen molar-refractivity contribution in [2.24, 2.45) is 5.92 Å². The summed E-state index contributed by atoms with van der Waals surface area (Å²) in [6.45, 7) is 2.18. The Labute approximate surface area is 165 Å². The number of hydrogen-bond donors (Lipinski definition) is 0. The predicted octanol–water partition coefficient (Wildman–Crippen LogP) is 0.849. The molecule has 1 aromatic carbocycles. The lowest BCUT2D eigenvalue weighted by atomic mass is 10.1. The van der Waals surface area contributed by atoms with Crippen molar-refractivity contribution in [3.8, 4) is 5.75 Å². The second-order valence-electron chi connectivity index (χ2n) is 7.67. The van der Waals surface area contributed by atoms with Crippen LogP contribution in [0.3, 0.4) is 0 Å². The van der Waals surface area contributed by atoms with E-state index in [1.54, 1.807) is 31.1 Å². The number of hydrogen-bond acceptors (Lipinski definition) is 6. The molecule has 0 spiro atoms. The molecule has 0 aromatic heterocycles. The van der Waals surface area contributed by atoms with Gasteiger partial charge in [-0.15, -0.1) is 0 Å². The van der Waals surface area contributed by atoms with Crippen LogP contribution >= 0.6 is 0 Å². The molecule has 0 aliphatic carbocycles. The molecule has 2 aliphatic heterocycles. The van der Waals surface area contributed by atoms with Gasteiger partial charge >= 0.3 is 0 Å². The second kappa shape index (κ2) is 7.71. The molecular formula is C19H27N3O5S. The number of anilines is 1. The molecule has 8 nitrogen and oxygen atoms in total. The first-order chi connectivity index (χ1) is 13.1. The van der Waals surface area contributed by atoms with Gasteiger partial charge < -0.3 is 9.64 Å². The monoisotopic (exact) mass is 409 g/mol. The van der Waals surface area contributed by atoms with Crippen LogP contribution < -0.4 is 9.64 Å². The van der Waals surface area contributed by atoms with Gasteiger partial charge in [-0.05, 0) is 31.0 Å². The Hall–Kier alpha value is -2.13. The highest BCUT2D eigenvalue weighted by atomic mass is 32.2. The molecule has 0 radical (unpaired) electrons. The summed E-state index contributed by atoms with van der Waals surface area (Å²) in [6.07, 6.45) is 0.516. The summed E-state index contributed by atoms with van der Waals surface area (Å²) in [4.78, 5) is 27.5. The number of sulfone groups is 1. The molecule has 154 valence electrons. The highest BCUT2D eigenvalue weighted by molar-refractivity contribution is 7.91. The zero-order chi connectivity index (χ0) is 20.6. The molecule has 2 heterocycles. The fourth-order valence-electron chi connectivity index (χ4n) is 3.98. The first-order valence-electron chi connectivity index (χ1n) is 9.28. The molecule has 2 aliphatic rings. The van der Waals surface area contributed by atoms with Crippen LogP contribution in [0.25, 0.3) is 0 Å². The second-order valence-corrected chi connectivity index (χ2v) is 9.90. The molecule has 3 rings (SSSR count). The predicted molar refractivity (Wildman–Crippen MR) is 106 cm³/mol. The first-order valence-corrected chi connectivity index (χ1v) is 11.1. The van der Waals surface area contributed by atoms with Gasteiger partial charge in [0.05, 0.1) is 36.3 Å². The van der Waals surface area contributed by atoms with E-state index in [4.69, 9.17) is 4.74 Å². The van der Waals surface area contributed by atoms with E-state index in [1.807, 2.05) is 25.1 Å². The number of amides is 2. The molecule has 1 aromatic rings. The van der Waals surface area contributed by atoms with Gasteiger partial charge in [0.2, 0.25) is 11.8 Å². The van der Waals surface area contributed by atoms with Crippen LogP contribution in [0.4, 0.5) is 5.69 Å². The largest absolute Gasteiger partial charge is 0.495 e. The Kier molecular flexibility index (Phi) is 5.67. The zero-order valence-corrected chi connectivity index (χ0v) is 17.5. The number of nitrogens with zero attached hydrogens (tertiary/aromatic N) is 3. The molecular weight excluding hydrogens is 382 g/mol.